The number of carbonyl (C=O) groups excluding carboxylic acids is 1. The largest absolute Gasteiger partial charge is 0.366 e. The normalized spacial score (nSPS) is 28.8. The van der Waals surface area contributed by atoms with E-state index in [1.165, 1.54) is 6.33 Å². The molecule has 1 aromatic heterocycles. The first-order valence-corrected chi connectivity index (χ1v) is 8.31. The lowest BCUT2D eigenvalue weighted by molar-refractivity contribution is -0.138. The number of rotatable bonds is 5. The van der Waals surface area contributed by atoms with Gasteiger partial charge in [0.1, 0.15) is 18.6 Å². The quantitative estimate of drug-likeness (QED) is 0.805. The second-order valence-corrected chi connectivity index (χ2v) is 6.53. The third-order valence-corrected chi connectivity index (χ3v) is 4.55. The van der Waals surface area contributed by atoms with Crippen molar-refractivity contribution in [2.24, 2.45) is 0 Å². The Balaban J connectivity index is 1.52. The predicted octanol–water partition coefficient (Wildman–Crippen LogP) is -0.164. The van der Waals surface area contributed by atoms with Gasteiger partial charge >= 0.3 is 0 Å². The van der Waals surface area contributed by atoms with Crippen molar-refractivity contribution in [3.63, 3.8) is 0 Å². The number of nitrogens with one attached hydrogen (secondary N) is 1. The molecule has 132 valence electrons. The van der Waals surface area contributed by atoms with Crippen LogP contribution in [0.2, 0.25) is 0 Å². The fourth-order valence-electron chi connectivity index (χ4n) is 3.24. The van der Waals surface area contributed by atoms with Crippen LogP contribution in [0.3, 0.4) is 0 Å². The zero-order valence-corrected chi connectivity index (χ0v) is 13.9. The van der Waals surface area contributed by atoms with Crippen LogP contribution in [0.1, 0.15) is 12.0 Å². The van der Waals surface area contributed by atoms with Gasteiger partial charge in [-0.05, 0) is 13.5 Å². The van der Waals surface area contributed by atoms with Crippen LogP contribution in [0.5, 0.6) is 0 Å². The van der Waals surface area contributed by atoms with Gasteiger partial charge < -0.3 is 15.0 Å². The highest BCUT2D eigenvalue weighted by molar-refractivity contribution is 5.81. The van der Waals surface area contributed by atoms with Gasteiger partial charge in [-0.2, -0.15) is 0 Å². The SMILES string of the molecule is CN1CCO[C@H](C(=O)NC[C@@H]2C[C@H](F)CN2Cc2cncnc2)C1. The molecule has 0 spiro atoms. The fourth-order valence-corrected chi connectivity index (χ4v) is 3.24. The minimum atomic E-state index is -0.867. The standard InChI is InChI=1S/C16H24FN5O2/c1-21-2-3-24-15(10-21)16(23)20-7-14-4-13(17)9-22(14)8-12-5-18-11-19-6-12/h5-6,11,13-15H,2-4,7-10H2,1H3,(H,20,23)/t13-,14-,15-/m0/s1. The zero-order valence-electron chi connectivity index (χ0n) is 13.9. The molecule has 7 nitrogen and oxygen atoms in total. The lowest BCUT2D eigenvalue weighted by Gasteiger charge is -2.30. The second-order valence-electron chi connectivity index (χ2n) is 6.53. The van der Waals surface area contributed by atoms with Crippen molar-refractivity contribution in [1.29, 1.82) is 0 Å². The monoisotopic (exact) mass is 337 g/mol. The lowest BCUT2D eigenvalue weighted by atomic mass is 10.2. The molecule has 0 unspecified atom stereocenters. The maximum absolute atomic E-state index is 13.8. The third kappa shape index (κ3) is 4.46. The highest BCUT2D eigenvalue weighted by Gasteiger charge is 2.33. The Bertz CT molecular complexity index is 547. The van der Waals surface area contributed by atoms with Crippen LogP contribution in [-0.4, -0.2) is 83.8 Å². The van der Waals surface area contributed by atoms with Crippen molar-refractivity contribution < 1.29 is 13.9 Å². The molecule has 2 fully saturated rings. The van der Waals surface area contributed by atoms with Gasteiger partial charge in [-0.15, -0.1) is 0 Å². The van der Waals surface area contributed by atoms with Crippen molar-refractivity contribution in [1.82, 2.24) is 25.1 Å². The van der Waals surface area contributed by atoms with Gasteiger partial charge in [0, 0.05) is 56.7 Å². The molecule has 0 bridgehead atoms. The van der Waals surface area contributed by atoms with Gasteiger partial charge in [-0.1, -0.05) is 0 Å². The van der Waals surface area contributed by atoms with E-state index in [-0.39, 0.29) is 11.9 Å². The number of morpholine rings is 1. The van der Waals surface area contributed by atoms with E-state index in [0.717, 1.165) is 12.1 Å². The molecule has 3 atom stereocenters. The number of amides is 1. The topological polar surface area (TPSA) is 70.6 Å². The number of likely N-dealkylation sites (N-methyl/N-ethyl adjacent to an activating group) is 1. The first-order valence-electron chi connectivity index (χ1n) is 8.31. The van der Waals surface area contributed by atoms with Crippen LogP contribution in [-0.2, 0) is 16.1 Å². The summed E-state index contributed by atoms with van der Waals surface area (Å²) in [5.74, 6) is -0.119. The number of aromatic nitrogens is 2. The molecule has 0 aromatic carbocycles. The van der Waals surface area contributed by atoms with Gasteiger partial charge in [0.2, 0.25) is 0 Å². The van der Waals surface area contributed by atoms with Crippen molar-refractivity contribution >= 4 is 5.91 Å². The van der Waals surface area contributed by atoms with E-state index in [0.29, 0.717) is 39.2 Å². The molecule has 3 heterocycles. The molecule has 1 N–H and O–H groups in total. The molecule has 0 saturated carbocycles. The molecule has 2 aliphatic rings. The highest BCUT2D eigenvalue weighted by Crippen LogP contribution is 2.22. The maximum Gasteiger partial charge on any atom is 0.250 e. The maximum atomic E-state index is 13.8. The molecule has 0 radical (unpaired) electrons. The molecule has 1 amide bonds. The average Bonchev–Trinajstić information content (AvgIpc) is 2.93. The van der Waals surface area contributed by atoms with E-state index >= 15 is 0 Å². The van der Waals surface area contributed by atoms with Crippen molar-refractivity contribution in [2.45, 2.75) is 31.3 Å². The summed E-state index contributed by atoms with van der Waals surface area (Å²) in [6, 6.07) is -0.0227. The summed E-state index contributed by atoms with van der Waals surface area (Å²) in [5, 5.41) is 2.92. The summed E-state index contributed by atoms with van der Waals surface area (Å²) in [7, 11) is 1.97. The van der Waals surface area contributed by atoms with Crippen LogP contribution >= 0.6 is 0 Å². The Labute approximate surface area is 141 Å². The van der Waals surface area contributed by atoms with E-state index in [1.54, 1.807) is 12.4 Å². The second kappa shape index (κ2) is 7.96. The Morgan fingerprint density at radius 2 is 2.21 bits per heavy atom. The molecular weight excluding hydrogens is 313 g/mol. The molecule has 3 rings (SSSR count). The summed E-state index contributed by atoms with van der Waals surface area (Å²) in [6.45, 7) is 3.37. The first kappa shape index (κ1) is 17.2. The van der Waals surface area contributed by atoms with Crippen molar-refractivity contribution in [2.75, 3.05) is 39.8 Å². The highest BCUT2D eigenvalue weighted by atomic mass is 19.1. The number of carbonyl (C=O) groups is 1. The van der Waals surface area contributed by atoms with Gasteiger partial charge in [-0.25, -0.2) is 14.4 Å². The van der Waals surface area contributed by atoms with Gasteiger partial charge in [0.25, 0.3) is 5.91 Å². The van der Waals surface area contributed by atoms with Gasteiger partial charge in [-0.3, -0.25) is 9.69 Å². The van der Waals surface area contributed by atoms with Crippen LogP contribution in [0, 0.1) is 0 Å². The Morgan fingerprint density at radius 3 is 2.96 bits per heavy atom. The number of likely N-dealkylation sites (tertiary alicyclic amines) is 1. The molecular formula is C16H24FN5O2. The number of nitrogens with zero attached hydrogens (tertiary/aromatic N) is 4. The van der Waals surface area contributed by atoms with Crippen LogP contribution < -0.4 is 5.32 Å². The van der Waals surface area contributed by atoms with Crippen LogP contribution in [0.25, 0.3) is 0 Å². The average molecular weight is 337 g/mol. The summed E-state index contributed by atoms with van der Waals surface area (Å²) in [5.41, 5.74) is 0.945. The summed E-state index contributed by atoms with van der Waals surface area (Å²) >= 11 is 0. The molecule has 2 saturated heterocycles. The first-order chi connectivity index (χ1) is 11.6. The number of hydrogen-bond acceptors (Lipinski definition) is 6. The Hall–Kier alpha value is -1.64. The summed E-state index contributed by atoms with van der Waals surface area (Å²) in [6.07, 6.45) is 4.07. The van der Waals surface area contributed by atoms with E-state index < -0.39 is 12.3 Å². The zero-order chi connectivity index (χ0) is 16.9. The van der Waals surface area contributed by atoms with Crippen LogP contribution in [0.15, 0.2) is 18.7 Å². The van der Waals surface area contributed by atoms with Gasteiger partial charge in [0.05, 0.1) is 6.61 Å². The minimum Gasteiger partial charge on any atom is -0.366 e. The van der Waals surface area contributed by atoms with E-state index in [1.807, 2.05) is 11.9 Å². The smallest absolute Gasteiger partial charge is 0.250 e. The fraction of sp³-hybridized carbons (Fsp3) is 0.688. The summed E-state index contributed by atoms with van der Waals surface area (Å²) in [4.78, 5) is 24.3. The number of halogens is 1. The molecule has 0 aliphatic carbocycles. The number of alkyl halides is 1. The molecule has 1 aromatic rings. The lowest BCUT2D eigenvalue weighted by Crippen LogP contribution is -2.50. The number of hydrogen-bond donors (Lipinski definition) is 1. The van der Waals surface area contributed by atoms with E-state index in [2.05, 4.69) is 20.2 Å². The predicted molar refractivity (Wildman–Crippen MR) is 86.0 cm³/mol. The minimum absolute atomic E-state index is 0.0227. The molecule has 2 aliphatic heterocycles. The summed E-state index contributed by atoms with van der Waals surface area (Å²) < 4.78 is 19.4. The molecule has 24 heavy (non-hydrogen) atoms. The van der Waals surface area contributed by atoms with Gasteiger partial charge in [0.15, 0.2) is 0 Å². The van der Waals surface area contributed by atoms with E-state index in [9.17, 15) is 9.18 Å². The Morgan fingerprint density at radius 1 is 1.42 bits per heavy atom. The van der Waals surface area contributed by atoms with Crippen molar-refractivity contribution in [3.05, 3.63) is 24.3 Å². The van der Waals surface area contributed by atoms with Crippen molar-refractivity contribution in [3.8, 4) is 0 Å². The van der Waals surface area contributed by atoms with E-state index in [4.69, 9.17) is 4.74 Å². The number of ether oxygens (including phenoxy) is 1. The Kier molecular flexibility index (Phi) is 5.70. The third-order valence-electron chi connectivity index (χ3n) is 4.55. The van der Waals surface area contributed by atoms with Crippen LogP contribution in [0.4, 0.5) is 4.39 Å². The molecule has 8 heteroatoms.